The van der Waals surface area contributed by atoms with Gasteiger partial charge in [-0.15, -0.1) is 11.6 Å². The van der Waals surface area contributed by atoms with E-state index < -0.39 is 0 Å². The number of nitriles is 1. The van der Waals surface area contributed by atoms with E-state index in [4.69, 9.17) is 21.6 Å². The van der Waals surface area contributed by atoms with Crippen molar-refractivity contribution >= 4 is 33.5 Å². The Kier molecular flexibility index (Phi) is 5.46. The molecule has 0 aliphatic rings. The summed E-state index contributed by atoms with van der Waals surface area (Å²) in [5.74, 6) is -0.0126. The van der Waals surface area contributed by atoms with Crippen LogP contribution in [-0.2, 0) is 21.8 Å². The second-order valence-corrected chi connectivity index (χ2v) is 4.40. The van der Waals surface area contributed by atoms with Gasteiger partial charge in [0.2, 0.25) is 0 Å². The van der Waals surface area contributed by atoms with Gasteiger partial charge < -0.3 is 4.74 Å². The molecule has 1 aromatic rings. The van der Waals surface area contributed by atoms with Crippen molar-refractivity contribution in [3.63, 3.8) is 0 Å². The summed E-state index contributed by atoms with van der Waals surface area (Å²) in [5.41, 5.74) is 2.01. The lowest BCUT2D eigenvalue weighted by Gasteiger charge is -2.08. The van der Waals surface area contributed by atoms with Crippen LogP contribution in [0.15, 0.2) is 16.6 Å². The predicted molar refractivity (Wildman–Crippen MR) is 68.8 cm³/mol. The molecule has 0 amide bonds. The molecule has 0 fully saturated rings. The first-order valence-electron chi connectivity index (χ1n) is 5.05. The number of ether oxygens (including phenoxy) is 1. The number of hydrogen-bond acceptors (Lipinski definition) is 3. The lowest BCUT2D eigenvalue weighted by molar-refractivity contribution is -0.142. The minimum absolute atomic E-state index is 0.133. The lowest BCUT2D eigenvalue weighted by Crippen LogP contribution is -2.08. The number of esters is 1. The summed E-state index contributed by atoms with van der Waals surface area (Å²) in [7, 11) is 0. The molecule has 0 bridgehead atoms. The minimum Gasteiger partial charge on any atom is -0.466 e. The highest BCUT2D eigenvalue weighted by molar-refractivity contribution is 9.10. The summed E-state index contributed by atoms with van der Waals surface area (Å²) in [6, 6.07) is 5.56. The van der Waals surface area contributed by atoms with Crippen LogP contribution >= 0.6 is 27.5 Å². The van der Waals surface area contributed by atoms with Gasteiger partial charge in [-0.05, 0) is 40.0 Å². The number of benzene rings is 1. The highest BCUT2D eigenvalue weighted by atomic mass is 79.9. The molecule has 90 valence electrons. The molecular formula is C12H11BrClNO2. The number of carbonyl (C=O) groups excluding carboxylic acids is 1. The van der Waals surface area contributed by atoms with Crippen LogP contribution in [-0.4, -0.2) is 12.6 Å². The maximum Gasteiger partial charge on any atom is 0.310 e. The molecule has 1 aromatic carbocycles. The highest BCUT2D eigenvalue weighted by Crippen LogP contribution is 2.25. The molecule has 0 saturated carbocycles. The molecule has 3 nitrogen and oxygen atoms in total. The summed E-state index contributed by atoms with van der Waals surface area (Å²) in [4.78, 5) is 11.4. The van der Waals surface area contributed by atoms with Crippen LogP contribution in [0.4, 0.5) is 0 Å². The van der Waals surface area contributed by atoms with Crippen LogP contribution in [0.3, 0.4) is 0 Å². The first kappa shape index (κ1) is 14.0. The zero-order chi connectivity index (χ0) is 12.8. The average molecular weight is 317 g/mol. The van der Waals surface area contributed by atoms with Gasteiger partial charge in [-0.2, -0.15) is 5.26 Å². The van der Waals surface area contributed by atoms with E-state index in [-0.39, 0.29) is 12.4 Å². The number of carbonyl (C=O) groups is 1. The van der Waals surface area contributed by atoms with Gasteiger partial charge in [-0.25, -0.2) is 0 Å². The molecule has 17 heavy (non-hydrogen) atoms. The van der Waals surface area contributed by atoms with Crippen molar-refractivity contribution in [2.45, 2.75) is 19.2 Å². The maximum absolute atomic E-state index is 11.4. The Morgan fingerprint density at radius 3 is 2.82 bits per heavy atom. The summed E-state index contributed by atoms with van der Waals surface area (Å²) in [5, 5.41) is 8.96. The Morgan fingerprint density at radius 2 is 2.29 bits per heavy atom. The largest absolute Gasteiger partial charge is 0.466 e. The SMILES string of the molecule is CCOC(=O)Cc1cc(CCl)cc(C#N)c1Br. The van der Waals surface area contributed by atoms with Crippen molar-refractivity contribution in [1.29, 1.82) is 5.26 Å². The third kappa shape index (κ3) is 3.72. The first-order valence-corrected chi connectivity index (χ1v) is 6.38. The number of rotatable bonds is 4. The molecule has 5 heteroatoms. The summed E-state index contributed by atoms with van der Waals surface area (Å²) in [6.07, 6.45) is 0.133. The van der Waals surface area contributed by atoms with Crippen molar-refractivity contribution < 1.29 is 9.53 Å². The zero-order valence-corrected chi connectivity index (χ0v) is 11.6. The van der Waals surface area contributed by atoms with Gasteiger partial charge in [-0.1, -0.05) is 6.07 Å². The van der Waals surface area contributed by atoms with E-state index in [0.717, 1.165) is 11.1 Å². The third-order valence-electron chi connectivity index (χ3n) is 2.12. The number of alkyl halides is 1. The highest BCUT2D eigenvalue weighted by Gasteiger charge is 2.12. The molecule has 0 aliphatic carbocycles. The molecule has 0 unspecified atom stereocenters. The molecule has 0 N–H and O–H groups in total. The van der Waals surface area contributed by atoms with Crippen molar-refractivity contribution in [1.82, 2.24) is 0 Å². The fourth-order valence-electron chi connectivity index (χ4n) is 1.41. The normalized spacial score (nSPS) is 9.76. The molecule has 0 aliphatic heterocycles. The Hall–Kier alpha value is -1.05. The Bertz CT molecular complexity index is 468. The van der Waals surface area contributed by atoms with Gasteiger partial charge in [0.25, 0.3) is 0 Å². The average Bonchev–Trinajstić information content (AvgIpc) is 2.32. The van der Waals surface area contributed by atoms with E-state index in [1.807, 2.05) is 0 Å². The summed E-state index contributed by atoms with van der Waals surface area (Å²) >= 11 is 9.05. The second-order valence-electron chi connectivity index (χ2n) is 3.34. The molecule has 0 radical (unpaired) electrons. The number of halogens is 2. The molecular weight excluding hydrogens is 305 g/mol. The Morgan fingerprint density at radius 1 is 1.59 bits per heavy atom. The smallest absolute Gasteiger partial charge is 0.310 e. The first-order chi connectivity index (χ1) is 8.12. The van der Waals surface area contributed by atoms with E-state index >= 15 is 0 Å². The van der Waals surface area contributed by atoms with E-state index in [9.17, 15) is 4.79 Å². The topological polar surface area (TPSA) is 50.1 Å². The standard InChI is InChI=1S/C12H11BrClNO2/c1-2-17-11(16)5-9-3-8(6-14)4-10(7-15)12(9)13/h3-4H,2,5-6H2,1H3. The van der Waals surface area contributed by atoms with Crippen LogP contribution in [0.1, 0.15) is 23.6 Å². The lowest BCUT2D eigenvalue weighted by atomic mass is 10.0. The number of hydrogen-bond donors (Lipinski definition) is 0. The maximum atomic E-state index is 11.4. The van der Waals surface area contributed by atoms with E-state index in [0.29, 0.717) is 22.5 Å². The summed E-state index contributed by atoms with van der Waals surface area (Å²) in [6.45, 7) is 2.10. The van der Waals surface area contributed by atoms with Gasteiger partial charge in [0.1, 0.15) is 6.07 Å². The third-order valence-corrected chi connectivity index (χ3v) is 3.37. The monoisotopic (exact) mass is 315 g/mol. The van der Waals surface area contributed by atoms with Crippen molar-refractivity contribution in [3.05, 3.63) is 33.3 Å². The molecule has 0 aromatic heterocycles. The van der Waals surface area contributed by atoms with E-state index in [1.54, 1.807) is 19.1 Å². The minimum atomic E-state index is -0.316. The van der Waals surface area contributed by atoms with Gasteiger partial charge >= 0.3 is 5.97 Å². The fraction of sp³-hybridized carbons (Fsp3) is 0.333. The van der Waals surface area contributed by atoms with Gasteiger partial charge in [-0.3, -0.25) is 4.79 Å². The van der Waals surface area contributed by atoms with Gasteiger partial charge in [0.05, 0.1) is 18.6 Å². The van der Waals surface area contributed by atoms with Crippen LogP contribution in [0.25, 0.3) is 0 Å². The molecule has 0 atom stereocenters. The van der Waals surface area contributed by atoms with Crippen molar-refractivity contribution in [2.24, 2.45) is 0 Å². The van der Waals surface area contributed by atoms with E-state index in [2.05, 4.69) is 22.0 Å². The van der Waals surface area contributed by atoms with E-state index in [1.165, 1.54) is 0 Å². The fourth-order valence-corrected chi connectivity index (χ4v) is 2.02. The second kappa shape index (κ2) is 6.63. The van der Waals surface area contributed by atoms with Gasteiger partial charge in [0, 0.05) is 10.4 Å². The zero-order valence-electron chi connectivity index (χ0n) is 9.30. The molecule has 0 heterocycles. The number of nitrogens with zero attached hydrogens (tertiary/aromatic N) is 1. The van der Waals surface area contributed by atoms with Crippen LogP contribution in [0, 0.1) is 11.3 Å². The quantitative estimate of drug-likeness (QED) is 0.633. The van der Waals surface area contributed by atoms with Crippen molar-refractivity contribution in [3.8, 4) is 6.07 Å². The van der Waals surface area contributed by atoms with Gasteiger partial charge in [0.15, 0.2) is 0 Å². The Labute approximate surface area is 113 Å². The van der Waals surface area contributed by atoms with Crippen LogP contribution in [0.5, 0.6) is 0 Å². The predicted octanol–water partition coefficient (Wildman–Crippen LogP) is 3.17. The van der Waals surface area contributed by atoms with Crippen LogP contribution in [0.2, 0.25) is 0 Å². The van der Waals surface area contributed by atoms with Crippen LogP contribution < -0.4 is 0 Å². The molecule has 0 saturated heterocycles. The van der Waals surface area contributed by atoms with Crippen molar-refractivity contribution in [2.75, 3.05) is 6.61 Å². The Balaban J connectivity index is 3.06. The molecule has 1 rings (SSSR count). The molecule has 0 spiro atoms. The summed E-state index contributed by atoms with van der Waals surface area (Å²) < 4.78 is 5.50.